The molecule has 0 amide bonds. The van der Waals surface area contributed by atoms with E-state index in [0.717, 1.165) is 13.0 Å². The minimum Gasteiger partial charge on any atom is -0.423 e. The Balaban J connectivity index is 2.11. The third-order valence-corrected chi connectivity index (χ3v) is 4.22. The zero-order valence-corrected chi connectivity index (χ0v) is 12.1. The summed E-state index contributed by atoms with van der Waals surface area (Å²) in [6.07, 6.45) is 5.96. The maximum Gasteiger partial charge on any atom is 0.488 e. The Bertz CT molecular complexity index is 442. The SMILES string of the molecule is CCC1CCCCCN1Cc1ccc(B(O)O)cc1F. The third-order valence-electron chi connectivity index (χ3n) is 4.22. The molecule has 2 rings (SSSR count). The minimum absolute atomic E-state index is 0.203. The summed E-state index contributed by atoms with van der Waals surface area (Å²) in [6.45, 7) is 3.80. The second-order valence-electron chi connectivity index (χ2n) is 5.61. The maximum atomic E-state index is 14.0. The highest BCUT2D eigenvalue weighted by Crippen LogP contribution is 2.22. The number of halogens is 1. The van der Waals surface area contributed by atoms with Crippen LogP contribution in [-0.2, 0) is 6.54 Å². The second-order valence-corrected chi connectivity index (χ2v) is 5.61. The standard InChI is InChI=1S/C15H23BFNO2/c1-2-14-6-4-3-5-9-18(14)11-12-7-8-13(16(19)20)10-15(12)17/h7-8,10,14,19-20H,2-6,9,11H2,1H3. The predicted molar refractivity (Wildman–Crippen MR) is 79.2 cm³/mol. The molecule has 0 aromatic heterocycles. The summed E-state index contributed by atoms with van der Waals surface area (Å²) >= 11 is 0. The zero-order chi connectivity index (χ0) is 14.5. The minimum atomic E-state index is -1.61. The van der Waals surface area contributed by atoms with E-state index in [1.165, 1.54) is 31.7 Å². The lowest BCUT2D eigenvalue weighted by Crippen LogP contribution is -2.35. The van der Waals surface area contributed by atoms with Gasteiger partial charge in [-0.25, -0.2) is 4.39 Å². The molecule has 110 valence electrons. The van der Waals surface area contributed by atoms with E-state index in [2.05, 4.69) is 11.8 Å². The second kappa shape index (κ2) is 7.20. The van der Waals surface area contributed by atoms with E-state index >= 15 is 0 Å². The van der Waals surface area contributed by atoms with Gasteiger partial charge in [-0.15, -0.1) is 0 Å². The Morgan fingerprint density at radius 2 is 2.10 bits per heavy atom. The summed E-state index contributed by atoms with van der Waals surface area (Å²) in [7, 11) is -1.61. The molecular formula is C15H23BFNO2. The van der Waals surface area contributed by atoms with Crippen molar-refractivity contribution in [1.29, 1.82) is 0 Å². The maximum absolute atomic E-state index is 14.0. The van der Waals surface area contributed by atoms with Crippen molar-refractivity contribution in [1.82, 2.24) is 4.90 Å². The van der Waals surface area contributed by atoms with Crippen LogP contribution in [0, 0.1) is 5.82 Å². The molecule has 1 saturated heterocycles. The van der Waals surface area contributed by atoms with Crippen LogP contribution in [0.25, 0.3) is 0 Å². The Morgan fingerprint density at radius 1 is 1.30 bits per heavy atom. The van der Waals surface area contributed by atoms with E-state index in [0.29, 0.717) is 18.2 Å². The fraction of sp³-hybridized carbons (Fsp3) is 0.600. The van der Waals surface area contributed by atoms with Crippen molar-refractivity contribution in [3.8, 4) is 0 Å². The highest BCUT2D eigenvalue weighted by Gasteiger charge is 2.21. The van der Waals surface area contributed by atoms with Crippen molar-refractivity contribution < 1.29 is 14.4 Å². The number of likely N-dealkylation sites (tertiary alicyclic amines) is 1. The molecule has 1 aliphatic heterocycles. The van der Waals surface area contributed by atoms with Gasteiger partial charge in [0.1, 0.15) is 5.82 Å². The first kappa shape index (κ1) is 15.5. The predicted octanol–water partition coefficient (Wildman–Crippen LogP) is 1.66. The third kappa shape index (κ3) is 3.81. The Morgan fingerprint density at radius 3 is 2.75 bits per heavy atom. The highest BCUT2D eigenvalue weighted by atomic mass is 19.1. The molecule has 1 fully saturated rings. The van der Waals surface area contributed by atoms with Crippen molar-refractivity contribution >= 4 is 12.6 Å². The molecule has 1 aromatic carbocycles. The van der Waals surface area contributed by atoms with Crippen LogP contribution in [-0.4, -0.2) is 34.7 Å². The van der Waals surface area contributed by atoms with E-state index in [9.17, 15) is 4.39 Å². The summed E-state index contributed by atoms with van der Waals surface area (Å²) in [5.74, 6) is -0.352. The Labute approximate surface area is 120 Å². The molecular weight excluding hydrogens is 256 g/mol. The molecule has 2 N–H and O–H groups in total. The number of nitrogens with zero attached hydrogens (tertiary/aromatic N) is 1. The van der Waals surface area contributed by atoms with Crippen molar-refractivity contribution in [2.75, 3.05) is 6.54 Å². The molecule has 1 heterocycles. The van der Waals surface area contributed by atoms with Gasteiger partial charge in [-0.1, -0.05) is 31.9 Å². The topological polar surface area (TPSA) is 43.7 Å². The van der Waals surface area contributed by atoms with Crippen molar-refractivity contribution in [2.24, 2.45) is 0 Å². The van der Waals surface area contributed by atoms with E-state index < -0.39 is 7.12 Å². The van der Waals surface area contributed by atoms with Gasteiger partial charge in [0.05, 0.1) is 0 Å². The first-order valence-corrected chi connectivity index (χ1v) is 7.50. The smallest absolute Gasteiger partial charge is 0.423 e. The molecule has 0 spiro atoms. The summed E-state index contributed by atoms with van der Waals surface area (Å²) < 4.78 is 14.0. The molecule has 1 aromatic rings. The average Bonchev–Trinajstić information content (AvgIpc) is 2.65. The van der Waals surface area contributed by atoms with Crippen LogP contribution in [0.15, 0.2) is 18.2 Å². The molecule has 5 heteroatoms. The molecule has 0 radical (unpaired) electrons. The van der Waals surface area contributed by atoms with Crippen LogP contribution >= 0.6 is 0 Å². The Kier molecular flexibility index (Phi) is 5.58. The van der Waals surface area contributed by atoms with Gasteiger partial charge in [0.25, 0.3) is 0 Å². The van der Waals surface area contributed by atoms with Gasteiger partial charge < -0.3 is 10.0 Å². The molecule has 1 unspecified atom stereocenters. The normalized spacial score (nSPS) is 20.7. The van der Waals surface area contributed by atoms with Crippen LogP contribution in [0.5, 0.6) is 0 Å². The lowest BCUT2D eigenvalue weighted by molar-refractivity contribution is 0.184. The lowest BCUT2D eigenvalue weighted by atomic mass is 9.80. The van der Waals surface area contributed by atoms with E-state index in [1.54, 1.807) is 12.1 Å². The molecule has 0 saturated carbocycles. The number of hydrogen-bond acceptors (Lipinski definition) is 3. The largest absolute Gasteiger partial charge is 0.488 e. The molecule has 1 aliphatic rings. The van der Waals surface area contributed by atoms with Crippen molar-refractivity contribution in [2.45, 2.75) is 51.6 Å². The van der Waals surface area contributed by atoms with Crippen LogP contribution in [0.2, 0.25) is 0 Å². The number of hydrogen-bond donors (Lipinski definition) is 2. The average molecular weight is 279 g/mol. The van der Waals surface area contributed by atoms with Crippen LogP contribution in [0.3, 0.4) is 0 Å². The number of rotatable bonds is 4. The van der Waals surface area contributed by atoms with Gasteiger partial charge in [-0.05, 0) is 37.3 Å². The first-order chi connectivity index (χ1) is 9.61. The van der Waals surface area contributed by atoms with Gasteiger partial charge >= 0.3 is 7.12 Å². The summed E-state index contributed by atoms with van der Waals surface area (Å²) in [5, 5.41) is 18.1. The Hall–Kier alpha value is -0.905. The van der Waals surface area contributed by atoms with Gasteiger partial charge in [0, 0.05) is 18.2 Å². The van der Waals surface area contributed by atoms with Gasteiger partial charge in [-0.2, -0.15) is 0 Å². The van der Waals surface area contributed by atoms with Crippen molar-refractivity contribution in [3.05, 3.63) is 29.6 Å². The van der Waals surface area contributed by atoms with E-state index in [4.69, 9.17) is 10.0 Å². The van der Waals surface area contributed by atoms with Crippen molar-refractivity contribution in [3.63, 3.8) is 0 Å². The number of benzene rings is 1. The summed E-state index contributed by atoms with van der Waals surface area (Å²) in [5.41, 5.74) is 0.837. The lowest BCUT2D eigenvalue weighted by Gasteiger charge is -2.29. The van der Waals surface area contributed by atoms with E-state index in [-0.39, 0.29) is 11.3 Å². The zero-order valence-electron chi connectivity index (χ0n) is 12.1. The quantitative estimate of drug-likeness (QED) is 0.824. The monoisotopic (exact) mass is 279 g/mol. The fourth-order valence-electron chi connectivity index (χ4n) is 2.98. The summed E-state index contributed by atoms with van der Waals surface area (Å²) in [4.78, 5) is 2.36. The molecule has 20 heavy (non-hydrogen) atoms. The van der Waals surface area contributed by atoms with Gasteiger partial charge in [0.2, 0.25) is 0 Å². The van der Waals surface area contributed by atoms with Crippen LogP contribution in [0.1, 0.15) is 44.6 Å². The molecule has 0 aliphatic carbocycles. The first-order valence-electron chi connectivity index (χ1n) is 7.50. The fourth-order valence-corrected chi connectivity index (χ4v) is 2.98. The highest BCUT2D eigenvalue weighted by molar-refractivity contribution is 6.58. The van der Waals surface area contributed by atoms with Crippen LogP contribution in [0.4, 0.5) is 4.39 Å². The molecule has 3 nitrogen and oxygen atoms in total. The molecule has 0 bridgehead atoms. The van der Waals surface area contributed by atoms with Gasteiger partial charge in [-0.3, -0.25) is 4.90 Å². The van der Waals surface area contributed by atoms with Crippen LogP contribution < -0.4 is 5.46 Å². The van der Waals surface area contributed by atoms with E-state index in [1.807, 2.05) is 0 Å². The summed E-state index contributed by atoms with van der Waals surface area (Å²) in [6, 6.07) is 5.00. The van der Waals surface area contributed by atoms with Gasteiger partial charge in [0.15, 0.2) is 0 Å². The molecule has 1 atom stereocenters.